The van der Waals surface area contributed by atoms with Gasteiger partial charge in [-0.1, -0.05) is 12.8 Å². The lowest BCUT2D eigenvalue weighted by Crippen LogP contribution is -2.53. The zero-order valence-electron chi connectivity index (χ0n) is 14.9. The van der Waals surface area contributed by atoms with Crippen molar-refractivity contribution in [2.24, 2.45) is 5.92 Å². The molecule has 0 radical (unpaired) electrons. The standard InChI is InChI=1S/C15H18N4O2S.C3H3NS/c1-15(11-5-2-3-6-11,19-12(20)7-4-8-17-19)13(21)18-14-16-9-10-22-14;1-2-5-3-4-1/h4,7-11H,2-3,5-6H2,1H3,(H,16,18,21);1-3H. The first-order chi connectivity index (χ1) is 13.1. The minimum absolute atomic E-state index is 0.0973. The van der Waals surface area contributed by atoms with Gasteiger partial charge in [0.1, 0.15) is 5.54 Å². The van der Waals surface area contributed by atoms with Crippen LogP contribution in [0.15, 0.2) is 51.8 Å². The maximum atomic E-state index is 12.9. The molecule has 0 aromatic carbocycles. The Morgan fingerprint density at radius 3 is 2.63 bits per heavy atom. The van der Waals surface area contributed by atoms with Gasteiger partial charge in [-0.05, 0) is 31.7 Å². The summed E-state index contributed by atoms with van der Waals surface area (Å²) in [6.45, 7) is 1.81. The summed E-state index contributed by atoms with van der Waals surface area (Å²) < 4.78 is 1.33. The van der Waals surface area contributed by atoms with Crippen LogP contribution >= 0.6 is 22.7 Å². The Morgan fingerprint density at radius 1 is 1.26 bits per heavy atom. The number of nitrogens with one attached hydrogen (secondary N) is 1. The number of carbonyl (C=O) groups is 1. The molecule has 142 valence electrons. The second kappa shape index (κ2) is 9.01. The molecule has 1 atom stereocenters. The number of anilines is 1. The molecule has 1 aliphatic rings. The van der Waals surface area contributed by atoms with Gasteiger partial charge in [0.05, 0.1) is 5.51 Å². The molecule has 1 fully saturated rings. The summed E-state index contributed by atoms with van der Waals surface area (Å²) in [5, 5.41) is 11.3. The maximum Gasteiger partial charge on any atom is 0.267 e. The van der Waals surface area contributed by atoms with E-state index in [-0.39, 0.29) is 17.4 Å². The lowest BCUT2D eigenvalue weighted by atomic mass is 9.83. The molecule has 3 aromatic heterocycles. The van der Waals surface area contributed by atoms with Crippen molar-refractivity contribution in [1.82, 2.24) is 19.7 Å². The predicted octanol–water partition coefficient (Wildman–Crippen LogP) is 3.39. The molecule has 0 saturated heterocycles. The fraction of sp³-hybridized carbons (Fsp3) is 0.389. The van der Waals surface area contributed by atoms with Crippen molar-refractivity contribution in [2.75, 3.05) is 5.32 Å². The van der Waals surface area contributed by atoms with E-state index in [0.29, 0.717) is 5.13 Å². The van der Waals surface area contributed by atoms with Gasteiger partial charge in [-0.2, -0.15) is 5.10 Å². The van der Waals surface area contributed by atoms with Gasteiger partial charge in [0.2, 0.25) is 0 Å². The molecule has 27 heavy (non-hydrogen) atoms. The highest BCUT2D eigenvalue weighted by molar-refractivity contribution is 7.13. The van der Waals surface area contributed by atoms with E-state index in [1.165, 1.54) is 22.1 Å². The molecule has 1 unspecified atom stereocenters. The third-order valence-corrected chi connectivity index (χ3v) is 5.98. The van der Waals surface area contributed by atoms with Crippen molar-refractivity contribution in [3.05, 3.63) is 57.3 Å². The van der Waals surface area contributed by atoms with Crippen molar-refractivity contribution in [1.29, 1.82) is 0 Å². The van der Waals surface area contributed by atoms with Crippen LogP contribution in [-0.2, 0) is 10.3 Å². The Bertz CT molecular complexity index is 871. The van der Waals surface area contributed by atoms with Gasteiger partial charge in [-0.3, -0.25) is 19.9 Å². The molecule has 7 nitrogen and oxygen atoms in total. The number of amides is 1. The number of thiazole rings is 2. The fourth-order valence-electron chi connectivity index (χ4n) is 3.33. The third-order valence-electron chi connectivity index (χ3n) is 4.77. The number of hydrogen-bond acceptors (Lipinski definition) is 7. The summed E-state index contributed by atoms with van der Waals surface area (Å²) in [5.41, 5.74) is 0.534. The normalized spacial score (nSPS) is 16.2. The molecule has 0 bridgehead atoms. The van der Waals surface area contributed by atoms with Crippen LogP contribution in [0.5, 0.6) is 0 Å². The Balaban J connectivity index is 0.000000364. The van der Waals surface area contributed by atoms with Gasteiger partial charge in [0, 0.05) is 35.4 Å². The molecule has 1 aliphatic carbocycles. The van der Waals surface area contributed by atoms with Crippen LogP contribution in [0.1, 0.15) is 32.6 Å². The third kappa shape index (κ3) is 4.48. The highest BCUT2D eigenvalue weighted by atomic mass is 32.1. The Hall–Kier alpha value is -2.39. The number of aromatic nitrogens is 4. The topological polar surface area (TPSA) is 89.8 Å². The number of nitrogens with zero attached hydrogens (tertiary/aromatic N) is 4. The van der Waals surface area contributed by atoms with E-state index in [4.69, 9.17) is 0 Å². The zero-order chi connectivity index (χ0) is 19.1. The van der Waals surface area contributed by atoms with E-state index in [1.54, 1.807) is 53.8 Å². The van der Waals surface area contributed by atoms with E-state index in [2.05, 4.69) is 20.4 Å². The average Bonchev–Trinajstić information content (AvgIpc) is 3.46. The van der Waals surface area contributed by atoms with Gasteiger partial charge in [-0.15, -0.1) is 22.7 Å². The second-order valence-electron chi connectivity index (χ2n) is 6.37. The van der Waals surface area contributed by atoms with Crippen molar-refractivity contribution in [3.8, 4) is 0 Å². The monoisotopic (exact) mass is 403 g/mol. The molecule has 3 heterocycles. The predicted molar refractivity (Wildman–Crippen MR) is 107 cm³/mol. The Kier molecular flexibility index (Phi) is 6.46. The van der Waals surface area contributed by atoms with Crippen molar-refractivity contribution in [3.63, 3.8) is 0 Å². The molecule has 1 N–H and O–H groups in total. The number of carbonyl (C=O) groups excluding carboxylic acids is 1. The lowest BCUT2D eigenvalue weighted by Gasteiger charge is -2.34. The summed E-state index contributed by atoms with van der Waals surface area (Å²) in [6.07, 6.45) is 8.95. The van der Waals surface area contributed by atoms with Gasteiger partial charge < -0.3 is 0 Å². The van der Waals surface area contributed by atoms with E-state index in [0.717, 1.165) is 25.7 Å². The maximum absolute atomic E-state index is 12.9. The smallest absolute Gasteiger partial charge is 0.267 e. The van der Waals surface area contributed by atoms with Crippen LogP contribution in [0.3, 0.4) is 0 Å². The second-order valence-corrected chi connectivity index (χ2v) is 8.02. The molecule has 4 rings (SSSR count). The van der Waals surface area contributed by atoms with E-state index >= 15 is 0 Å². The Morgan fingerprint density at radius 2 is 2.07 bits per heavy atom. The summed E-state index contributed by atoms with van der Waals surface area (Å²) in [5.74, 6) is -0.129. The molecule has 0 spiro atoms. The summed E-state index contributed by atoms with van der Waals surface area (Å²) >= 11 is 2.96. The fourth-order valence-corrected chi connectivity index (χ4v) is 4.21. The van der Waals surface area contributed by atoms with Crippen LogP contribution in [0.25, 0.3) is 0 Å². The molecular formula is C18H21N5O2S2. The molecule has 1 amide bonds. The van der Waals surface area contributed by atoms with Gasteiger partial charge >= 0.3 is 0 Å². The van der Waals surface area contributed by atoms with Crippen LogP contribution in [0, 0.1) is 5.92 Å². The first kappa shape index (κ1) is 19.4. The van der Waals surface area contributed by atoms with Crippen LogP contribution in [0.4, 0.5) is 5.13 Å². The van der Waals surface area contributed by atoms with E-state index in [9.17, 15) is 9.59 Å². The molecular weight excluding hydrogens is 382 g/mol. The van der Waals surface area contributed by atoms with Crippen molar-refractivity contribution >= 4 is 33.7 Å². The highest BCUT2D eigenvalue weighted by Gasteiger charge is 2.45. The highest BCUT2D eigenvalue weighted by Crippen LogP contribution is 2.38. The van der Waals surface area contributed by atoms with Crippen LogP contribution < -0.4 is 10.9 Å². The zero-order valence-corrected chi connectivity index (χ0v) is 16.6. The minimum atomic E-state index is -0.999. The van der Waals surface area contributed by atoms with E-state index < -0.39 is 5.54 Å². The molecule has 1 saturated carbocycles. The van der Waals surface area contributed by atoms with Crippen molar-refractivity contribution in [2.45, 2.75) is 38.1 Å². The number of hydrogen-bond donors (Lipinski definition) is 1. The largest absolute Gasteiger partial charge is 0.300 e. The first-order valence-electron chi connectivity index (χ1n) is 8.70. The van der Waals surface area contributed by atoms with Gasteiger partial charge in [0.25, 0.3) is 11.5 Å². The molecule has 0 aliphatic heterocycles. The molecule has 3 aromatic rings. The van der Waals surface area contributed by atoms with Crippen molar-refractivity contribution < 1.29 is 4.79 Å². The first-order valence-corrected chi connectivity index (χ1v) is 10.5. The summed E-state index contributed by atoms with van der Waals surface area (Å²) in [7, 11) is 0. The summed E-state index contributed by atoms with van der Waals surface area (Å²) in [4.78, 5) is 33.0. The van der Waals surface area contributed by atoms with Gasteiger partial charge in [0.15, 0.2) is 5.13 Å². The SMILES string of the molecule is CC(C(=O)Nc1nccs1)(C1CCCC1)n1ncccc1=O.c1cscn1. The molecule has 9 heteroatoms. The number of rotatable bonds is 4. The van der Waals surface area contributed by atoms with Crippen LogP contribution in [-0.4, -0.2) is 25.7 Å². The minimum Gasteiger partial charge on any atom is -0.300 e. The van der Waals surface area contributed by atoms with Crippen LogP contribution in [0.2, 0.25) is 0 Å². The average molecular weight is 404 g/mol. The lowest BCUT2D eigenvalue weighted by molar-refractivity contribution is -0.127. The van der Waals surface area contributed by atoms with E-state index in [1.807, 2.05) is 5.38 Å². The summed E-state index contributed by atoms with van der Waals surface area (Å²) in [6, 6.07) is 3.03. The Labute approximate surface area is 165 Å². The van der Waals surface area contributed by atoms with Gasteiger partial charge in [-0.25, -0.2) is 9.67 Å². The quantitative estimate of drug-likeness (QED) is 0.721.